The molecule has 2 amide bonds. The largest absolute Gasteiger partial charge is 0.481 e. The number of hydrogen-bond acceptors (Lipinski definition) is 2. The van der Waals surface area contributed by atoms with Crippen molar-refractivity contribution >= 4 is 17.7 Å². The van der Waals surface area contributed by atoms with E-state index in [0.717, 1.165) is 6.07 Å². The van der Waals surface area contributed by atoms with Crippen LogP contribution in [-0.4, -0.2) is 23.1 Å². The van der Waals surface area contributed by atoms with E-state index in [1.165, 1.54) is 12.1 Å². The Hall–Kier alpha value is -2.18. The van der Waals surface area contributed by atoms with Crippen LogP contribution in [0.3, 0.4) is 0 Å². The summed E-state index contributed by atoms with van der Waals surface area (Å²) in [7, 11) is 0. The standard InChI is InChI=1S/C13H14F2N2O3/c14-9-2-1-3-10(11(9)15)17-13(20)16-8-5-4-7(6-8)12(18)19/h1-3,7-8H,4-6H2,(H,18,19)(H2,16,17,20)/t7-,8+/m1/s1. The third-order valence-electron chi connectivity index (χ3n) is 3.32. The van der Waals surface area contributed by atoms with E-state index in [1.807, 2.05) is 0 Å². The van der Waals surface area contributed by atoms with E-state index in [0.29, 0.717) is 19.3 Å². The van der Waals surface area contributed by atoms with Crippen molar-refractivity contribution in [2.75, 3.05) is 5.32 Å². The molecule has 2 rings (SSSR count). The highest BCUT2D eigenvalue weighted by atomic mass is 19.2. The number of carboxylic acids is 1. The second kappa shape index (κ2) is 5.85. The Morgan fingerprint density at radius 1 is 1.25 bits per heavy atom. The average Bonchev–Trinajstić information content (AvgIpc) is 2.83. The number of anilines is 1. The Morgan fingerprint density at radius 3 is 2.65 bits per heavy atom. The molecule has 1 aromatic rings. The number of nitrogens with one attached hydrogen (secondary N) is 2. The van der Waals surface area contributed by atoms with Gasteiger partial charge in [0, 0.05) is 6.04 Å². The first-order valence-corrected chi connectivity index (χ1v) is 6.21. The second-order valence-electron chi connectivity index (χ2n) is 4.74. The Labute approximate surface area is 114 Å². The first-order valence-electron chi connectivity index (χ1n) is 6.21. The van der Waals surface area contributed by atoms with Crippen LogP contribution in [0.5, 0.6) is 0 Å². The average molecular weight is 284 g/mol. The summed E-state index contributed by atoms with van der Waals surface area (Å²) in [6.45, 7) is 0. The SMILES string of the molecule is O=C(Nc1cccc(F)c1F)N[C@H]1CC[C@@H](C(=O)O)C1. The summed E-state index contributed by atoms with van der Waals surface area (Å²) < 4.78 is 26.3. The highest BCUT2D eigenvalue weighted by Gasteiger charge is 2.30. The molecule has 0 saturated heterocycles. The van der Waals surface area contributed by atoms with Crippen LogP contribution in [-0.2, 0) is 4.79 Å². The summed E-state index contributed by atoms with van der Waals surface area (Å²) in [5.74, 6) is -3.52. The van der Waals surface area contributed by atoms with Gasteiger partial charge in [-0.3, -0.25) is 4.79 Å². The molecule has 1 aromatic carbocycles. The topological polar surface area (TPSA) is 78.4 Å². The van der Waals surface area contributed by atoms with E-state index in [9.17, 15) is 18.4 Å². The molecule has 5 nitrogen and oxygen atoms in total. The number of rotatable bonds is 3. The number of aliphatic carboxylic acids is 1. The summed E-state index contributed by atoms with van der Waals surface area (Å²) in [4.78, 5) is 22.4. The maximum atomic E-state index is 13.3. The van der Waals surface area contributed by atoms with Gasteiger partial charge in [0.2, 0.25) is 0 Å². The van der Waals surface area contributed by atoms with Crippen LogP contribution < -0.4 is 10.6 Å². The molecule has 0 spiro atoms. The van der Waals surface area contributed by atoms with Crippen molar-refractivity contribution < 1.29 is 23.5 Å². The van der Waals surface area contributed by atoms with Crippen LogP contribution in [0, 0.1) is 17.6 Å². The van der Waals surface area contributed by atoms with Gasteiger partial charge < -0.3 is 15.7 Å². The van der Waals surface area contributed by atoms with Crippen LogP contribution in [0.4, 0.5) is 19.3 Å². The van der Waals surface area contributed by atoms with Crippen LogP contribution in [0.15, 0.2) is 18.2 Å². The van der Waals surface area contributed by atoms with Crippen molar-refractivity contribution in [3.63, 3.8) is 0 Å². The predicted molar refractivity (Wildman–Crippen MR) is 67.3 cm³/mol. The van der Waals surface area contributed by atoms with Gasteiger partial charge in [0.1, 0.15) is 0 Å². The fourth-order valence-corrected chi connectivity index (χ4v) is 2.28. The smallest absolute Gasteiger partial charge is 0.319 e. The summed E-state index contributed by atoms with van der Waals surface area (Å²) in [5, 5.41) is 13.6. The monoisotopic (exact) mass is 284 g/mol. The van der Waals surface area contributed by atoms with Crippen molar-refractivity contribution in [1.82, 2.24) is 5.32 Å². The minimum Gasteiger partial charge on any atom is -0.481 e. The van der Waals surface area contributed by atoms with Gasteiger partial charge in [-0.15, -0.1) is 0 Å². The van der Waals surface area contributed by atoms with Crippen molar-refractivity contribution in [2.24, 2.45) is 5.92 Å². The van der Waals surface area contributed by atoms with E-state index in [4.69, 9.17) is 5.11 Å². The Morgan fingerprint density at radius 2 is 2.00 bits per heavy atom. The van der Waals surface area contributed by atoms with Gasteiger partial charge in [-0.2, -0.15) is 0 Å². The third-order valence-corrected chi connectivity index (χ3v) is 3.32. The molecule has 1 saturated carbocycles. The van der Waals surface area contributed by atoms with Crippen LogP contribution >= 0.6 is 0 Å². The fraction of sp³-hybridized carbons (Fsp3) is 0.385. The number of hydrogen-bond donors (Lipinski definition) is 3. The minimum atomic E-state index is -1.13. The summed E-state index contributed by atoms with van der Waals surface area (Å²) in [5.41, 5.74) is -0.254. The quantitative estimate of drug-likeness (QED) is 0.797. The van der Waals surface area contributed by atoms with Crippen LogP contribution in [0.2, 0.25) is 0 Å². The van der Waals surface area contributed by atoms with Gasteiger partial charge in [-0.1, -0.05) is 6.07 Å². The zero-order valence-electron chi connectivity index (χ0n) is 10.5. The van der Waals surface area contributed by atoms with Crippen LogP contribution in [0.1, 0.15) is 19.3 Å². The fourth-order valence-electron chi connectivity index (χ4n) is 2.28. The molecular weight excluding hydrogens is 270 g/mol. The molecule has 0 aromatic heterocycles. The van der Waals surface area contributed by atoms with Crippen molar-refractivity contribution in [3.05, 3.63) is 29.8 Å². The van der Waals surface area contributed by atoms with Gasteiger partial charge in [-0.05, 0) is 31.4 Å². The van der Waals surface area contributed by atoms with Crippen molar-refractivity contribution in [3.8, 4) is 0 Å². The molecule has 0 aliphatic heterocycles. The van der Waals surface area contributed by atoms with E-state index >= 15 is 0 Å². The summed E-state index contributed by atoms with van der Waals surface area (Å²) in [6, 6.07) is 2.53. The van der Waals surface area contributed by atoms with Gasteiger partial charge in [-0.25, -0.2) is 13.6 Å². The molecule has 0 radical (unpaired) electrons. The lowest BCUT2D eigenvalue weighted by Gasteiger charge is -2.13. The second-order valence-corrected chi connectivity index (χ2v) is 4.74. The summed E-state index contributed by atoms with van der Waals surface area (Å²) >= 11 is 0. The first-order chi connectivity index (χ1) is 9.47. The molecule has 2 atom stereocenters. The molecule has 20 heavy (non-hydrogen) atoms. The third kappa shape index (κ3) is 3.23. The van der Waals surface area contributed by atoms with Crippen molar-refractivity contribution in [2.45, 2.75) is 25.3 Å². The molecule has 1 aliphatic carbocycles. The number of halogens is 2. The van der Waals surface area contributed by atoms with Crippen molar-refractivity contribution in [1.29, 1.82) is 0 Å². The molecule has 3 N–H and O–H groups in total. The molecule has 0 bridgehead atoms. The number of benzene rings is 1. The van der Waals surface area contributed by atoms with E-state index in [-0.39, 0.29) is 11.7 Å². The highest BCUT2D eigenvalue weighted by Crippen LogP contribution is 2.25. The number of amides is 2. The molecule has 108 valence electrons. The van der Waals surface area contributed by atoms with Gasteiger partial charge in [0.05, 0.1) is 11.6 Å². The lowest BCUT2D eigenvalue weighted by molar-refractivity contribution is -0.141. The molecule has 0 heterocycles. The molecule has 1 fully saturated rings. The zero-order chi connectivity index (χ0) is 14.7. The molecular formula is C13H14F2N2O3. The van der Waals surface area contributed by atoms with E-state index in [1.54, 1.807) is 0 Å². The van der Waals surface area contributed by atoms with Gasteiger partial charge in [0.15, 0.2) is 11.6 Å². The number of carboxylic acid groups (broad SMARTS) is 1. The minimum absolute atomic E-state index is 0.254. The lowest BCUT2D eigenvalue weighted by Crippen LogP contribution is -2.37. The van der Waals surface area contributed by atoms with Crippen LogP contribution in [0.25, 0.3) is 0 Å². The number of carbonyl (C=O) groups is 2. The summed E-state index contributed by atoms with van der Waals surface area (Å²) in [6.07, 6.45) is 1.39. The predicted octanol–water partition coefficient (Wildman–Crippen LogP) is 2.34. The Bertz CT molecular complexity index is 536. The molecule has 0 unspecified atom stereocenters. The lowest BCUT2D eigenvalue weighted by atomic mass is 10.1. The maximum absolute atomic E-state index is 13.3. The maximum Gasteiger partial charge on any atom is 0.319 e. The number of carbonyl (C=O) groups excluding carboxylic acids is 1. The first kappa shape index (κ1) is 14.2. The number of urea groups is 1. The molecule has 1 aliphatic rings. The van der Waals surface area contributed by atoms with Gasteiger partial charge in [0.25, 0.3) is 0 Å². The Balaban J connectivity index is 1.90. The van der Waals surface area contributed by atoms with E-state index < -0.39 is 29.6 Å². The normalized spacial score (nSPS) is 21.5. The Kier molecular flexibility index (Phi) is 4.16. The zero-order valence-corrected chi connectivity index (χ0v) is 10.5. The highest BCUT2D eigenvalue weighted by molar-refractivity contribution is 5.89. The van der Waals surface area contributed by atoms with E-state index in [2.05, 4.69) is 10.6 Å². The van der Waals surface area contributed by atoms with Gasteiger partial charge >= 0.3 is 12.0 Å². The molecule has 7 heteroatoms.